The Morgan fingerprint density at radius 2 is 1.79 bits per heavy atom. The first-order chi connectivity index (χ1) is 9.21. The number of hydrogen-bond donors (Lipinski definition) is 1. The minimum atomic E-state index is 0.288. The van der Waals surface area contributed by atoms with E-state index in [2.05, 4.69) is 17.1 Å². The van der Waals surface area contributed by atoms with E-state index in [0.29, 0.717) is 12.5 Å². The molecule has 4 aliphatic carbocycles. The molecule has 5 fully saturated rings. The lowest BCUT2D eigenvalue weighted by Gasteiger charge is -2.63. The van der Waals surface area contributed by atoms with Crippen molar-refractivity contribution in [3.05, 3.63) is 0 Å². The molecule has 5 aliphatic rings. The second kappa shape index (κ2) is 4.21. The highest BCUT2D eigenvalue weighted by molar-refractivity contribution is 5.79. The highest BCUT2D eigenvalue weighted by Crippen LogP contribution is 2.58. The molecule has 0 aromatic rings. The summed E-state index contributed by atoms with van der Waals surface area (Å²) in [5, 5.41) is 3.72. The third-order valence-corrected chi connectivity index (χ3v) is 6.46. The summed E-state index contributed by atoms with van der Waals surface area (Å²) < 4.78 is 0. The van der Waals surface area contributed by atoms with Crippen LogP contribution in [0.25, 0.3) is 0 Å². The van der Waals surface area contributed by atoms with Crippen LogP contribution in [0.4, 0.5) is 0 Å². The summed E-state index contributed by atoms with van der Waals surface area (Å²) in [5.41, 5.74) is 0.288. The first-order valence-electron chi connectivity index (χ1n) is 8.24. The predicted molar refractivity (Wildman–Crippen MR) is 74.6 cm³/mol. The minimum absolute atomic E-state index is 0.288. The highest BCUT2D eigenvalue weighted by atomic mass is 16.2. The van der Waals surface area contributed by atoms with Crippen molar-refractivity contribution < 1.29 is 4.79 Å². The maximum absolute atomic E-state index is 12.1. The maximum atomic E-state index is 12.1. The van der Waals surface area contributed by atoms with Crippen LogP contribution >= 0.6 is 0 Å². The minimum Gasteiger partial charge on any atom is -0.340 e. The van der Waals surface area contributed by atoms with Gasteiger partial charge in [0, 0.05) is 18.6 Å². The number of carbonyl (C=O) groups excluding carboxylic acids is 1. The zero-order valence-corrected chi connectivity index (χ0v) is 12.0. The molecule has 5 rings (SSSR count). The van der Waals surface area contributed by atoms with E-state index in [4.69, 9.17) is 0 Å². The van der Waals surface area contributed by atoms with Gasteiger partial charge in [-0.25, -0.2) is 0 Å². The van der Waals surface area contributed by atoms with Crippen LogP contribution in [0.15, 0.2) is 0 Å². The first kappa shape index (κ1) is 12.2. The van der Waals surface area contributed by atoms with Gasteiger partial charge in [0.2, 0.25) is 5.91 Å². The van der Waals surface area contributed by atoms with E-state index in [1.807, 2.05) is 0 Å². The molecule has 4 bridgehead atoms. The Morgan fingerprint density at radius 3 is 2.37 bits per heavy atom. The lowest BCUT2D eigenvalue weighted by atomic mass is 9.48. The molecule has 1 heterocycles. The van der Waals surface area contributed by atoms with Gasteiger partial charge in [0.05, 0.1) is 6.54 Å². The molecule has 1 N–H and O–H groups in total. The van der Waals surface area contributed by atoms with E-state index >= 15 is 0 Å². The van der Waals surface area contributed by atoms with E-state index in [0.717, 1.165) is 43.2 Å². The summed E-state index contributed by atoms with van der Waals surface area (Å²) in [6.45, 7) is 4.71. The summed E-state index contributed by atoms with van der Waals surface area (Å²) >= 11 is 0. The molecule has 1 amide bonds. The average molecular weight is 262 g/mol. The summed E-state index contributed by atoms with van der Waals surface area (Å²) in [5.74, 6) is 4.02. The van der Waals surface area contributed by atoms with Gasteiger partial charge in [0.15, 0.2) is 0 Å². The molecule has 0 unspecified atom stereocenters. The van der Waals surface area contributed by atoms with Gasteiger partial charge < -0.3 is 10.2 Å². The van der Waals surface area contributed by atoms with Crippen LogP contribution < -0.4 is 5.32 Å². The summed E-state index contributed by atoms with van der Waals surface area (Å²) in [7, 11) is 0. The van der Waals surface area contributed by atoms with Gasteiger partial charge in [-0.1, -0.05) is 6.92 Å². The second-order valence-corrected chi connectivity index (χ2v) is 7.51. The summed E-state index contributed by atoms with van der Waals surface area (Å²) in [4.78, 5) is 14.2. The molecule has 1 saturated heterocycles. The van der Waals surface area contributed by atoms with Gasteiger partial charge in [-0.3, -0.25) is 4.79 Å². The van der Waals surface area contributed by atoms with Crippen LogP contribution in [0.1, 0.15) is 45.4 Å². The monoisotopic (exact) mass is 262 g/mol. The van der Waals surface area contributed by atoms with Gasteiger partial charge in [-0.05, 0) is 62.2 Å². The molecule has 106 valence electrons. The lowest BCUT2D eigenvalue weighted by Crippen LogP contribution is -2.73. The maximum Gasteiger partial charge on any atom is 0.236 e. The number of rotatable bonds is 2. The van der Waals surface area contributed by atoms with Crippen molar-refractivity contribution in [2.75, 3.05) is 19.6 Å². The fourth-order valence-corrected chi connectivity index (χ4v) is 5.86. The van der Waals surface area contributed by atoms with Crippen molar-refractivity contribution in [1.29, 1.82) is 0 Å². The van der Waals surface area contributed by atoms with Gasteiger partial charge in [0.25, 0.3) is 0 Å². The molecule has 3 heteroatoms. The molecule has 3 nitrogen and oxygen atoms in total. The number of nitrogens with one attached hydrogen (secondary N) is 1. The standard InChI is InChI=1S/C16H26N2O/c1-2-3-18-10-16(17-9-15(18)19)13-5-11-4-12(7-13)8-14(16)6-11/h11-14,17H,2-10H2,1H3. The number of amides is 1. The Balaban J connectivity index is 1.61. The van der Waals surface area contributed by atoms with E-state index in [1.54, 1.807) is 0 Å². The van der Waals surface area contributed by atoms with Crippen LogP contribution in [-0.4, -0.2) is 36.0 Å². The number of piperazine rings is 1. The summed E-state index contributed by atoms with van der Waals surface area (Å²) in [6, 6.07) is 0. The zero-order valence-electron chi connectivity index (χ0n) is 12.0. The van der Waals surface area contributed by atoms with Crippen molar-refractivity contribution in [1.82, 2.24) is 10.2 Å². The Morgan fingerprint density at radius 1 is 1.16 bits per heavy atom. The van der Waals surface area contributed by atoms with Crippen molar-refractivity contribution in [2.45, 2.75) is 51.0 Å². The van der Waals surface area contributed by atoms with Crippen molar-refractivity contribution >= 4 is 5.91 Å². The third kappa shape index (κ3) is 1.70. The largest absolute Gasteiger partial charge is 0.340 e. The zero-order chi connectivity index (χ0) is 13.0. The van der Waals surface area contributed by atoms with Gasteiger partial charge in [-0.2, -0.15) is 0 Å². The van der Waals surface area contributed by atoms with Crippen LogP contribution in [-0.2, 0) is 4.79 Å². The van der Waals surface area contributed by atoms with E-state index in [1.165, 1.54) is 32.1 Å². The fourth-order valence-electron chi connectivity index (χ4n) is 5.86. The topological polar surface area (TPSA) is 32.3 Å². The first-order valence-corrected chi connectivity index (χ1v) is 8.24. The number of carbonyl (C=O) groups is 1. The van der Waals surface area contributed by atoms with Crippen LogP contribution in [0.5, 0.6) is 0 Å². The van der Waals surface area contributed by atoms with E-state index in [-0.39, 0.29) is 5.54 Å². The Kier molecular flexibility index (Phi) is 2.70. The van der Waals surface area contributed by atoms with E-state index in [9.17, 15) is 4.79 Å². The van der Waals surface area contributed by atoms with Gasteiger partial charge in [-0.15, -0.1) is 0 Å². The van der Waals surface area contributed by atoms with Gasteiger partial charge in [0.1, 0.15) is 0 Å². The van der Waals surface area contributed by atoms with Crippen LogP contribution in [0.2, 0.25) is 0 Å². The van der Waals surface area contributed by atoms with E-state index < -0.39 is 0 Å². The quantitative estimate of drug-likeness (QED) is 0.826. The molecule has 0 atom stereocenters. The second-order valence-electron chi connectivity index (χ2n) is 7.51. The Labute approximate surface area is 116 Å². The van der Waals surface area contributed by atoms with Crippen molar-refractivity contribution in [3.8, 4) is 0 Å². The fraction of sp³-hybridized carbons (Fsp3) is 0.938. The molecule has 1 aliphatic heterocycles. The van der Waals surface area contributed by atoms with Gasteiger partial charge >= 0.3 is 0 Å². The molecule has 0 aromatic carbocycles. The molecule has 0 radical (unpaired) electrons. The molecular formula is C16H26N2O. The Hall–Kier alpha value is -0.570. The molecule has 1 spiro atoms. The highest BCUT2D eigenvalue weighted by Gasteiger charge is 2.58. The third-order valence-electron chi connectivity index (χ3n) is 6.46. The molecule has 4 saturated carbocycles. The normalized spacial score (nSPS) is 48.3. The van der Waals surface area contributed by atoms with Crippen molar-refractivity contribution in [2.24, 2.45) is 23.7 Å². The predicted octanol–water partition coefficient (Wildman–Crippen LogP) is 2.02. The number of nitrogens with zero attached hydrogens (tertiary/aromatic N) is 1. The molecular weight excluding hydrogens is 236 g/mol. The van der Waals surface area contributed by atoms with Crippen molar-refractivity contribution in [3.63, 3.8) is 0 Å². The Bertz CT molecular complexity index is 364. The lowest BCUT2D eigenvalue weighted by molar-refractivity contribution is -0.146. The molecule has 0 aromatic heterocycles. The smallest absolute Gasteiger partial charge is 0.236 e. The average Bonchev–Trinajstić information content (AvgIpc) is 2.39. The van der Waals surface area contributed by atoms with Crippen LogP contribution in [0.3, 0.4) is 0 Å². The van der Waals surface area contributed by atoms with Crippen LogP contribution in [0, 0.1) is 23.7 Å². The SMILES string of the molecule is CCCN1CC2(NCC1=O)C1CC3CC(C1)CC2C3. The number of hydrogen-bond acceptors (Lipinski definition) is 2. The summed E-state index contributed by atoms with van der Waals surface area (Å²) in [6.07, 6.45) is 8.29. The molecule has 19 heavy (non-hydrogen) atoms.